The number of esters is 1. The lowest BCUT2D eigenvalue weighted by atomic mass is 10.4. The highest BCUT2D eigenvalue weighted by molar-refractivity contribution is 14.1. The first kappa shape index (κ1) is 19.4. The van der Waals surface area contributed by atoms with Gasteiger partial charge in [-0.1, -0.05) is 64.1 Å². The van der Waals surface area contributed by atoms with Gasteiger partial charge < -0.3 is 9.16 Å². The largest absolute Gasteiger partial charge is 0.463 e. The van der Waals surface area contributed by atoms with E-state index < -0.39 is 8.32 Å². The van der Waals surface area contributed by atoms with Gasteiger partial charge >= 0.3 is 5.97 Å². The van der Waals surface area contributed by atoms with Crippen molar-refractivity contribution in [1.82, 2.24) is 0 Å². The molecule has 0 aliphatic carbocycles. The fourth-order valence-corrected chi connectivity index (χ4v) is 9.34. The molecule has 1 atom stereocenters. The molecule has 0 bridgehead atoms. The molecule has 5 heteroatoms. The third-order valence-electron chi connectivity index (χ3n) is 3.72. The van der Waals surface area contributed by atoms with Crippen molar-refractivity contribution in [3.05, 3.63) is 0 Å². The zero-order chi connectivity index (χ0) is 15.2. The molecule has 0 spiro atoms. The van der Waals surface area contributed by atoms with Crippen LogP contribution >= 0.6 is 22.6 Å². The van der Waals surface area contributed by atoms with Crippen LogP contribution in [0.4, 0.5) is 0 Å². The molecule has 0 aliphatic heterocycles. The Morgan fingerprint density at radius 2 is 1.47 bits per heavy atom. The van der Waals surface area contributed by atoms with Gasteiger partial charge in [0.2, 0.25) is 8.32 Å². The predicted octanol–water partition coefficient (Wildman–Crippen LogP) is 4.55. The Morgan fingerprint density at radius 1 is 1.05 bits per heavy atom. The molecule has 3 nitrogen and oxygen atoms in total. The van der Waals surface area contributed by atoms with Gasteiger partial charge in [-0.25, -0.2) is 0 Å². The first-order valence-electron chi connectivity index (χ1n) is 7.05. The van der Waals surface area contributed by atoms with Crippen molar-refractivity contribution in [2.45, 2.75) is 71.2 Å². The first-order valence-corrected chi connectivity index (χ1v) is 10.7. The van der Waals surface area contributed by atoms with E-state index in [4.69, 9.17) is 9.16 Å². The maximum absolute atomic E-state index is 11.0. The van der Waals surface area contributed by atoms with Crippen LogP contribution < -0.4 is 0 Å². The van der Waals surface area contributed by atoms with E-state index in [1.54, 1.807) is 0 Å². The summed E-state index contributed by atoms with van der Waals surface area (Å²) in [4.78, 5) is 11.0. The quantitative estimate of drug-likeness (QED) is 0.260. The summed E-state index contributed by atoms with van der Waals surface area (Å²) >= 11 is 2.31. The summed E-state index contributed by atoms with van der Waals surface area (Å²) in [6.45, 7) is 15.4. The SMILES string of the molecule is CC(=O)OC[C@@H](CI)O[Si](C(C)C)(C(C)C)C(C)C. The van der Waals surface area contributed by atoms with Gasteiger partial charge in [0.1, 0.15) is 6.61 Å². The van der Waals surface area contributed by atoms with E-state index >= 15 is 0 Å². The molecule has 0 aromatic carbocycles. The van der Waals surface area contributed by atoms with Crippen LogP contribution in [-0.4, -0.2) is 31.4 Å². The lowest BCUT2D eigenvalue weighted by Crippen LogP contribution is -2.51. The summed E-state index contributed by atoms with van der Waals surface area (Å²) in [7, 11) is -1.88. The van der Waals surface area contributed by atoms with Crippen molar-refractivity contribution in [2.24, 2.45) is 0 Å². The van der Waals surface area contributed by atoms with Crippen molar-refractivity contribution in [2.75, 3.05) is 11.0 Å². The van der Waals surface area contributed by atoms with Crippen LogP contribution in [0.3, 0.4) is 0 Å². The number of rotatable bonds is 8. The standard InChI is InChI=1S/C14H29IO3Si/c1-10(2)19(11(3)4,12(5)6)18-14(8-15)9-17-13(7)16/h10-12,14H,8-9H2,1-7H3/t14-/m1/s1. The Hall–Kier alpha value is 0.377. The second kappa shape index (κ2) is 8.62. The molecule has 19 heavy (non-hydrogen) atoms. The smallest absolute Gasteiger partial charge is 0.302 e. The second-order valence-corrected chi connectivity index (χ2v) is 12.3. The van der Waals surface area contributed by atoms with E-state index in [-0.39, 0.29) is 12.1 Å². The number of hydrogen-bond donors (Lipinski definition) is 0. The normalized spacial score (nSPS) is 14.3. The van der Waals surface area contributed by atoms with Crippen molar-refractivity contribution in [3.8, 4) is 0 Å². The molecule has 0 unspecified atom stereocenters. The summed E-state index contributed by atoms with van der Waals surface area (Å²) in [5.41, 5.74) is 1.65. The third kappa shape index (κ3) is 5.34. The lowest BCUT2D eigenvalue weighted by Gasteiger charge is -2.44. The topological polar surface area (TPSA) is 35.5 Å². The van der Waals surface area contributed by atoms with E-state index in [1.165, 1.54) is 6.92 Å². The molecule has 114 valence electrons. The zero-order valence-corrected chi connectivity index (χ0v) is 16.5. The molecule has 0 fully saturated rings. The number of halogens is 1. The van der Waals surface area contributed by atoms with E-state index in [0.717, 1.165) is 4.43 Å². The van der Waals surface area contributed by atoms with Crippen molar-refractivity contribution in [1.29, 1.82) is 0 Å². The Labute approximate surface area is 133 Å². The molecule has 0 heterocycles. The Balaban J connectivity index is 5.01. The zero-order valence-electron chi connectivity index (χ0n) is 13.3. The molecule has 0 amide bonds. The summed E-state index contributed by atoms with van der Waals surface area (Å²) in [5, 5.41) is 0. The molecule has 0 aromatic rings. The fourth-order valence-electron chi connectivity index (χ4n) is 3.02. The maximum atomic E-state index is 11.0. The summed E-state index contributed by atoms with van der Waals surface area (Å²) in [5.74, 6) is -0.232. The molecule has 0 rings (SSSR count). The number of hydrogen-bond acceptors (Lipinski definition) is 3. The van der Waals surface area contributed by atoms with Crippen LogP contribution in [0.25, 0.3) is 0 Å². The third-order valence-corrected chi connectivity index (χ3v) is 10.9. The Kier molecular flexibility index (Phi) is 8.79. The maximum Gasteiger partial charge on any atom is 0.302 e. The summed E-state index contributed by atoms with van der Waals surface area (Å²) in [6.07, 6.45) is 0.0170. The number of ether oxygens (including phenoxy) is 1. The first-order chi connectivity index (χ1) is 8.68. The molecule has 0 aliphatic rings. The van der Waals surface area contributed by atoms with E-state index in [2.05, 4.69) is 64.1 Å². The van der Waals surface area contributed by atoms with Crippen molar-refractivity contribution in [3.63, 3.8) is 0 Å². The van der Waals surface area contributed by atoms with Gasteiger partial charge in [-0.15, -0.1) is 0 Å². The molecule has 0 saturated carbocycles. The van der Waals surface area contributed by atoms with Gasteiger partial charge in [-0.05, 0) is 16.6 Å². The van der Waals surface area contributed by atoms with Crippen LogP contribution in [-0.2, 0) is 14.0 Å². The van der Waals surface area contributed by atoms with Gasteiger partial charge in [0, 0.05) is 11.4 Å². The molecule has 0 N–H and O–H groups in total. The van der Waals surface area contributed by atoms with Crippen LogP contribution in [0.15, 0.2) is 0 Å². The van der Waals surface area contributed by atoms with Crippen molar-refractivity contribution < 1.29 is 14.0 Å². The van der Waals surface area contributed by atoms with Crippen molar-refractivity contribution >= 4 is 36.9 Å². The average molecular weight is 400 g/mol. The molecule has 0 aromatic heterocycles. The molecule has 0 radical (unpaired) electrons. The van der Waals surface area contributed by atoms with E-state index in [9.17, 15) is 4.79 Å². The monoisotopic (exact) mass is 400 g/mol. The predicted molar refractivity (Wildman–Crippen MR) is 91.4 cm³/mol. The minimum atomic E-state index is -1.88. The van der Waals surface area contributed by atoms with Crippen LogP contribution in [0.1, 0.15) is 48.5 Å². The molecule has 0 saturated heterocycles. The minimum absolute atomic E-state index is 0.0170. The van der Waals surface area contributed by atoms with Gasteiger partial charge in [0.05, 0.1) is 6.10 Å². The number of alkyl halides is 1. The Bertz CT molecular complexity index is 258. The number of carbonyl (C=O) groups is 1. The van der Waals surface area contributed by atoms with Crippen LogP contribution in [0.2, 0.25) is 16.6 Å². The lowest BCUT2D eigenvalue weighted by molar-refractivity contribution is -0.143. The highest BCUT2D eigenvalue weighted by Crippen LogP contribution is 2.43. The van der Waals surface area contributed by atoms with Gasteiger partial charge in [0.15, 0.2) is 0 Å². The molecular formula is C14H29IO3Si. The summed E-state index contributed by atoms with van der Waals surface area (Å²) < 4.78 is 12.6. The summed E-state index contributed by atoms with van der Waals surface area (Å²) in [6, 6.07) is 0. The minimum Gasteiger partial charge on any atom is -0.463 e. The average Bonchev–Trinajstić information content (AvgIpc) is 2.27. The van der Waals surface area contributed by atoms with E-state index in [1.807, 2.05) is 0 Å². The fraction of sp³-hybridized carbons (Fsp3) is 0.929. The second-order valence-electron chi connectivity index (χ2n) is 6.01. The Morgan fingerprint density at radius 3 is 1.74 bits per heavy atom. The van der Waals surface area contributed by atoms with Crippen LogP contribution in [0, 0.1) is 0 Å². The highest BCUT2D eigenvalue weighted by Gasteiger charge is 2.46. The van der Waals surface area contributed by atoms with Gasteiger partial charge in [-0.3, -0.25) is 4.79 Å². The molecular weight excluding hydrogens is 371 g/mol. The van der Waals surface area contributed by atoms with Gasteiger partial charge in [-0.2, -0.15) is 0 Å². The van der Waals surface area contributed by atoms with Gasteiger partial charge in [0.25, 0.3) is 0 Å². The van der Waals surface area contributed by atoms with E-state index in [0.29, 0.717) is 23.2 Å². The number of carbonyl (C=O) groups excluding carboxylic acids is 1. The highest BCUT2D eigenvalue weighted by atomic mass is 127. The van der Waals surface area contributed by atoms with Crippen LogP contribution in [0.5, 0.6) is 0 Å².